The molecule has 0 rings (SSSR count). The van der Waals surface area contributed by atoms with Gasteiger partial charge in [0.05, 0.1) is 27.7 Å². The average molecular weight is 1300 g/mol. The summed E-state index contributed by atoms with van der Waals surface area (Å²) >= 11 is 0. The third-order valence-electron chi connectivity index (χ3n) is 16.5. The van der Waals surface area contributed by atoms with Crippen LogP contribution in [0.1, 0.15) is 335 Å². The second-order valence-corrected chi connectivity index (χ2v) is 28.1. The number of phosphoric ester groups is 1. The normalized spacial score (nSPS) is 13.8. The maximum absolute atomic E-state index is 12.9. The molecule has 0 heterocycles. The van der Waals surface area contributed by atoms with Crippen molar-refractivity contribution in [2.24, 2.45) is 0 Å². The lowest BCUT2D eigenvalue weighted by Crippen LogP contribution is -2.37. The zero-order chi connectivity index (χ0) is 66.9. The lowest BCUT2D eigenvalue weighted by atomic mass is 10.0. The lowest BCUT2D eigenvalue weighted by Gasteiger charge is -2.24. The number of ether oxygens (including phenoxy) is 2. The van der Waals surface area contributed by atoms with E-state index in [0.29, 0.717) is 17.4 Å². The second kappa shape index (κ2) is 71.7. The molecule has 1 N–H and O–H groups in total. The van der Waals surface area contributed by atoms with E-state index in [1.807, 2.05) is 21.1 Å². The Morgan fingerprint density at radius 3 is 0.870 bits per heavy atom. The fourth-order valence-corrected chi connectivity index (χ4v) is 11.5. The van der Waals surface area contributed by atoms with E-state index in [4.69, 9.17) is 18.5 Å². The first kappa shape index (κ1) is 88.4. The molecule has 0 amide bonds. The summed E-state index contributed by atoms with van der Waals surface area (Å²) in [6.07, 6.45) is 103. The van der Waals surface area contributed by atoms with Crippen LogP contribution in [-0.2, 0) is 32.7 Å². The Kier molecular flexibility index (Phi) is 68.9. The van der Waals surface area contributed by atoms with Crippen LogP contribution in [0.5, 0.6) is 0 Å². The van der Waals surface area contributed by atoms with Crippen LogP contribution in [0, 0.1) is 0 Å². The van der Waals surface area contributed by atoms with Crippen molar-refractivity contribution in [2.45, 2.75) is 341 Å². The van der Waals surface area contributed by atoms with Gasteiger partial charge >= 0.3 is 19.8 Å². The van der Waals surface area contributed by atoms with Gasteiger partial charge in [0.25, 0.3) is 0 Å². The van der Waals surface area contributed by atoms with E-state index >= 15 is 0 Å². The van der Waals surface area contributed by atoms with Crippen molar-refractivity contribution in [1.82, 2.24) is 0 Å². The molecular weight excluding hydrogens is 1160 g/mol. The van der Waals surface area contributed by atoms with Crippen molar-refractivity contribution in [3.05, 3.63) is 122 Å². The Morgan fingerprint density at radius 1 is 0.337 bits per heavy atom. The number of esters is 2. The molecule has 0 aliphatic heterocycles. The molecule has 0 aromatic carbocycles. The standard InChI is InChI=1S/C82H144NO8P/c1-6-8-10-12-14-16-18-20-22-24-26-28-30-32-34-35-36-37-38-39-40-41-42-43-44-45-46-47-49-50-52-54-56-58-60-62-64-66-68-70-72-74-81(84)88-78-80(79-90-92(86,87)89-77-76-83(3,4)5)91-82(85)75-73-71-69-67-65-63-61-59-57-55-53-51-48-33-31-29-27-25-23-21-19-17-15-13-11-9-7-2/h8-11,14-17,20-23,26-29,33,48,53,55,80H,6-7,12-13,18-19,24-25,30-32,34-47,49-52,54,56-79H2,1-5H3/p+1/b10-8-,11-9-,16-14-,17-15-,22-20-,23-21-,28-26-,29-27-,48-33-,55-53-. The number of allylic oxidation sites excluding steroid dienone is 20. The molecule has 2 atom stereocenters. The van der Waals surface area contributed by atoms with Gasteiger partial charge in [0, 0.05) is 12.8 Å². The number of nitrogens with zero attached hydrogens (tertiary/aromatic N) is 1. The van der Waals surface area contributed by atoms with Crippen LogP contribution in [0.3, 0.4) is 0 Å². The zero-order valence-electron chi connectivity index (χ0n) is 60.5. The van der Waals surface area contributed by atoms with E-state index < -0.39 is 26.5 Å². The lowest BCUT2D eigenvalue weighted by molar-refractivity contribution is -0.870. The van der Waals surface area contributed by atoms with Crippen molar-refractivity contribution in [2.75, 3.05) is 47.5 Å². The molecule has 10 heteroatoms. The Labute approximate surface area is 568 Å². The van der Waals surface area contributed by atoms with E-state index in [0.717, 1.165) is 109 Å². The molecule has 0 aromatic heterocycles. The minimum Gasteiger partial charge on any atom is -0.462 e. The van der Waals surface area contributed by atoms with Gasteiger partial charge in [-0.25, -0.2) is 4.57 Å². The monoisotopic (exact) mass is 1300 g/mol. The smallest absolute Gasteiger partial charge is 0.462 e. The van der Waals surface area contributed by atoms with Crippen LogP contribution in [-0.4, -0.2) is 74.9 Å². The Morgan fingerprint density at radius 2 is 0.587 bits per heavy atom. The number of unbranched alkanes of at least 4 members (excludes halogenated alkanes) is 36. The second-order valence-electron chi connectivity index (χ2n) is 26.6. The van der Waals surface area contributed by atoms with Crippen molar-refractivity contribution < 1.29 is 42.1 Å². The number of rotatable bonds is 70. The van der Waals surface area contributed by atoms with Crippen LogP contribution >= 0.6 is 7.82 Å². The van der Waals surface area contributed by atoms with E-state index in [2.05, 4.69) is 135 Å². The first-order valence-electron chi connectivity index (χ1n) is 38.3. The number of hydrogen-bond acceptors (Lipinski definition) is 7. The summed E-state index contributed by atoms with van der Waals surface area (Å²) in [4.78, 5) is 35.9. The highest BCUT2D eigenvalue weighted by Crippen LogP contribution is 2.43. The summed E-state index contributed by atoms with van der Waals surface area (Å²) in [5.74, 6) is -0.799. The van der Waals surface area contributed by atoms with Crippen LogP contribution in [0.2, 0.25) is 0 Å². The van der Waals surface area contributed by atoms with Crippen LogP contribution in [0.15, 0.2) is 122 Å². The largest absolute Gasteiger partial charge is 0.472 e. The Hall–Kier alpha value is -3.59. The molecule has 0 radical (unpaired) electrons. The van der Waals surface area contributed by atoms with Crippen LogP contribution < -0.4 is 0 Å². The number of likely N-dealkylation sites (N-methyl/N-ethyl adjacent to an activating group) is 1. The molecule has 0 saturated carbocycles. The molecule has 0 bridgehead atoms. The topological polar surface area (TPSA) is 108 Å². The van der Waals surface area contributed by atoms with E-state index in [-0.39, 0.29) is 32.0 Å². The van der Waals surface area contributed by atoms with E-state index in [1.165, 1.54) is 193 Å². The van der Waals surface area contributed by atoms with Crippen molar-refractivity contribution in [3.63, 3.8) is 0 Å². The Bertz CT molecular complexity index is 1970. The minimum absolute atomic E-state index is 0.0266. The summed E-state index contributed by atoms with van der Waals surface area (Å²) in [5, 5.41) is 0. The number of hydrogen-bond donors (Lipinski definition) is 1. The highest BCUT2D eigenvalue weighted by atomic mass is 31.2. The van der Waals surface area contributed by atoms with Gasteiger partial charge in [0.1, 0.15) is 19.8 Å². The quantitative estimate of drug-likeness (QED) is 0.0211. The summed E-state index contributed by atoms with van der Waals surface area (Å²) in [5.41, 5.74) is 0. The molecule has 0 spiro atoms. The van der Waals surface area contributed by atoms with Crippen LogP contribution in [0.25, 0.3) is 0 Å². The molecule has 0 fully saturated rings. The maximum atomic E-state index is 12.9. The van der Waals surface area contributed by atoms with Crippen molar-refractivity contribution >= 4 is 19.8 Å². The van der Waals surface area contributed by atoms with Gasteiger partial charge in [0.15, 0.2) is 6.10 Å². The van der Waals surface area contributed by atoms with Gasteiger partial charge in [-0.2, -0.15) is 0 Å². The highest BCUT2D eigenvalue weighted by molar-refractivity contribution is 7.47. The molecular formula is C82H145NO8P+. The SMILES string of the molecule is CC/C=C\C/C=C\C/C=C\C/C=C\C/C=C\C/C=C\CCCCCCCCCCC(=O)OC(COC(=O)CCCCCCCCCCCCCCCCCCCCCCCCCCCCCC/C=C\C/C=C\C/C=C\C/C=C\CC)COP(=O)(O)OCC[N+](C)(C)C. The van der Waals surface area contributed by atoms with Gasteiger partial charge < -0.3 is 18.9 Å². The molecule has 0 aliphatic carbocycles. The van der Waals surface area contributed by atoms with E-state index in [1.54, 1.807) is 0 Å². The summed E-state index contributed by atoms with van der Waals surface area (Å²) in [6.45, 7) is 4.23. The number of quaternary nitrogens is 1. The van der Waals surface area contributed by atoms with Gasteiger partial charge in [-0.05, 0) is 103 Å². The fraction of sp³-hybridized carbons (Fsp3) is 0.732. The molecule has 0 saturated heterocycles. The first-order chi connectivity index (χ1) is 45.0. The summed E-state index contributed by atoms with van der Waals surface area (Å²) in [6, 6.07) is 0. The van der Waals surface area contributed by atoms with E-state index in [9.17, 15) is 19.0 Å². The summed E-state index contributed by atoms with van der Waals surface area (Å²) < 4.78 is 34.8. The van der Waals surface area contributed by atoms with Gasteiger partial charge in [-0.1, -0.05) is 341 Å². The van der Waals surface area contributed by atoms with Crippen molar-refractivity contribution in [3.8, 4) is 0 Å². The number of carbonyl (C=O) groups is 2. The molecule has 92 heavy (non-hydrogen) atoms. The molecule has 9 nitrogen and oxygen atoms in total. The van der Waals surface area contributed by atoms with Crippen molar-refractivity contribution in [1.29, 1.82) is 0 Å². The summed E-state index contributed by atoms with van der Waals surface area (Å²) in [7, 11) is 1.47. The molecule has 2 unspecified atom stereocenters. The first-order valence-corrected chi connectivity index (χ1v) is 39.8. The Balaban J connectivity index is 3.94. The van der Waals surface area contributed by atoms with Gasteiger partial charge in [-0.15, -0.1) is 0 Å². The number of carbonyl (C=O) groups excluding carboxylic acids is 2. The minimum atomic E-state index is -4.40. The van der Waals surface area contributed by atoms with Gasteiger partial charge in [0.2, 0.25) is 0 Å². The molecule has 0 aromatic rings. The predicted octanol–water partition coefficient (Wildman–Crippen LogP) is 25.4. The molecule has 530 valence electrons. The third-order valence-corrected chi connectivity index (χ3v) is 17.5. The third kappa shape index (κ3) is 75.4. The van der Waals surface area contributed by atoms with Crippen LogP contribution in [0.4, 0.5) is 0 Å². The maximum Gasteiger partial charge on any atom is 0.472 e. The highest BCUT2D eigenvalue weighted by Gasteiger charge is 2.27. The zero-order valence-corrected chi connectivity index (χ0v) is 61.4. The number of phosphoric acid groups is 1. The van der Waals surface area contributed by atoms with Gasteiger partial charge in [-0.3, -0.25) is 18.6 Å². The predicted molar refractivity (Wildman–Crippen MR) is 399 cm³/mol. The average Bonchev–Trinajstić information content (AvgIpc) is 2.14. The molecule has 0 aliphatic rings. The fourth-order valence-electron chi connectivity index (χ4n) is 10.7.